The van der Waals surface area contributed by atoms with Crippen LogP contribution in [-0.2, 0) is 6.42 Å². The topological polar surface area (TPSA) is 12.0 Å². The van der Waals surface area contributed by atoms with Crippen LogP contribution in [0.2, 0.25) is 0 Å². The van der Waals surface area contributed by atoms with Crippen molar-refractivity contribution in [2.45, 2.75) is 40.5 Å². The third kappa shape index (κ3) is 7.96. The van der Waals surface area contributed by atoms with Gasteiger partial charge in [-0.3, -0.25) is 0 Å². The molecule has 1 nitrogen and oxygen atoms in total. The lowest BCUT2D eigenvalue weighted by molar-refractivity contribution is 0.440. The van der Waals surface area contributed by atoms with Crippen LogP contribution in [0.3, 0.4) is 0 Å². The molecular weight excluding hydrogens is 262 g/mol. The van der Waals surface area contributed by atoms with Gasteiger partial charge in [0, 0.05) is 0 Å². The van der Waals surface area contributed by atoms with Crippen molar-refractivity contribution < 1.29 is 0 Å². The predicted octanol–water partition coefficient (Wildman–Crippen LogP) is 4.54. The molecule has 1 N–H and O–H groups in total. The monoisotopic (exact) mass is 293 g/mol. The van der Waals surface area contributed by atoms with Crippen LogP contribution in [0.25, 0.3) is 0 Å². The van der Waals surface area contributed by atoms with E-state index in [-0.39, 0.29) is 0 Å². The first-order valence-corrected chi connectivity index (χ1v) is 9.11. The van der Waals surface area contributed by atoms with E-state index in [0.717, 1.165) is 24.9 Å². The maximum absolute atomic E-state index is 3.64. The van der Waals surface area contributed by atoms with E-state index in [2.05, 4.69) is 69.0 Å². The largest absolute Gasteiger partial charge is 0.316 e. The summed E-state index contributed by atoms with van der Waals surface area (Å²) >= 11 is 2.06. The third-order valence-electron chi connectivity index (χ3n) is 3.47. The molecular formula is C18H31NS. The van der Waals surface area contributed by atoms with Gasteiger partial charge in [0.05, 0.1) is 0 Å². The van der Waals surface area contributed by atoms with Gasteiger partial charge in [-0.2, -0.15) is 11.8 Å². The summed E-state index contributed by atoms with van der Waals surface area (Å²) in [4.78, 5) is 0. The molecule has 0 spiro atoms. The van der Waals surface area contributed by atoms with Crippen LogP contribution in [-0.4, -0.2) is 24.6 Å². The smallest absolute Gasteiger partial charge is 0.00169 e. The van der Waals surface area contributed by atoms with Gasteiger partial charge in [-0.15, -0.1) is 0 Å². The van der Waals surface area contributed by atoms with Crippen LogP contribution >= 0.6 is 11.8 Å². The molecule has 0 fully saturated rings. The van der Waals surface area contributed by atoms with E-state index in [1.807, 2.05) is 0 Å². The number of benzene rings is 1. The lowest BCUT2D eigenvalue weighted by atomic mass is 9.95. The highest BCUT2D eigenvalue weighted by Gasteiger charge is 2.10. The molecule has 1 aromatic rings. The van der Waals surface area contributed by atoms with Crippen molar-refractivity contribution in [3.8, 4) is 0 Å². The van der Waals surface area contributed by atoms with E-state index in [9.17, 15) is 0 Å². The highest BCUT2D eigenvalue weighted by atomic mass is 32.2. The lowest BCUT2D eigenvalue weighted by Crippen LogP contribution is -2.28. The number of hydrogen-bond acceptors (Lipinski definition) is 2. The molecule has 0 bridgehead atoms. The molecule has 0 aliphatic carbocycles. The van der Waals surface area contributed by atoms with Gasteiger partial charge in [0.25, 0.3) is 0 Å². The maximum atomic E-state index is 3.64. The van der Waals surface area contributed by atoms with Gasteiger partial charge in [-0.1, -0.05) is 50.6 Å². The summed E-state index contributed by atoms with van der Waals surface area (Å²) in [6.45, 7) is 11.3. The highest BCUT2D eigenvalue weighted by Crippen LogP contribution is 2.16. The van der Waals surface area contributed by atoms with Crippen molar-refractivity contribution in [1.82, 2.24) is 5.32 Å². The normalized spacial score (nSPS) is 12.8. The Kier molecular flexibility index (Phi) is 9.04. The fraction of sp³-hybridized carbons (Fsp3) is 0.667. The van der Waals surface area contributed by atoms with Crippen LogP contribution < -0.4 is 5.32 Å². The van der Waals surface area contributed by atoms with Gasteiger partial charge in [0.15, 0.2) is 0 Å². The van der Waals surface area contributed by atoms with Crippen LogP contribution in [0, 0.1) is 18.8 Å². The Hall–Kier alpha value is -0.470. The van der Waals surface area contributed by atoms with E-state index in [1.54, 1.807) is 0 Å². The molecule has 0 heterocycles. The second-order valence-electron chi connectivity index (χ2n) is 6.10. The second kappa shape index (κ2) is 10.3. The SMILES string of the molecule is CCSCCC(CNCC(C)C)Cc1cccc(C)c1. The molecule has 0 aliphatic heterocycles. The number of hydrogen-bond donors (Lipinski definition) is 1. The Morgan fingerprint density at radius 2 is 2.00 bits per heavy atom. The molecule has 114 valence electrons. The molecule has 0 aliphatic rings. The lowest BCUT2D eigenvalue weighted by Gasteiger charge is -2.19. The molecule has 0 saturated carbocycles. The molecule has 20 heavy (non-hydrogen) atoms. The van der Waals surface area contributed by atoms with Crippen molar-refractivity contribution in [1.29, 1.82) is 0 Å². The number of rotatable bonds is 10. The Labute approximate surface area is 129 Å². The zero-order chi connectivity index (χ0) is 14.8. The van der Waals surface area contributed by atoms with Crippen molar-refractivity contribution in [3.05, 3.63) is 35.4 Å². The Morgan fingerprint density at radius 1 is 1.20 bits per heavy atom. The van der Waals surface area contributed by atoms with Gasteiger partial charge in [-0.25, -0.2) is 0 Å². The van der Waals surface area contributed by atoms with Gasteiger partial charge in [0.1, 0.15) is 0 Å². The summed E-state index contributed by atoms with van der Waals surface area (Å²) in [5.41, 5.74) is 2.86. The first-order valence-electron chi connectivity index (χ1n) is 7.95. The number of aryl methyl sites for hydroxylation is 1. The molecule has 1 rings (SSSR count). The van der Waals surface area contributed by atoms with Gasteiger partial charge >= 0.3 is 0 Å². The van der Waals surface area contributed by atoms with Crippen LogP contribution in [0.1, 0.15) is 38.3 Å². The average Bonchev–Trinajstić information content (AvgIpc) is 2.38. The average molecular weight is 294 g/mol. The van der Waals surface area contributed by atoms with Crippen LogP contribution in [0.15, 0.2) is 24.3 Å². The Morgan fingerprint density at radius 3 is 2.65 bits per heavy atom. The van der Waals surface area contributed by atoms with Crippen molar-refractivity contribution >= 4 is 11.8 Å². The zero-order valence-corrected chi connectivity index (χ0v) is 14.4. The molecule has 0 amide bonds. The Balaban J connectivity index is 2.47. The predicted molar refractivity (Wildman–Crippen MR) is 93.7 cm³/mol. The Bertz CT molecular complexity index is 362. The van der Waals surface area contributed by atoms with E-state index in [4.69, 9.17) is 0 Å². The summed E-state index contributed by atoms with van der Waals surface area (Å²) in [6, 6.07) is 8.98. The van der Waals surface area contributed by atoms with Crippen molar-refractivity contribution in [3.63, 3.8) is 0 Å². The first-order chi connectivity index (χ1) is 9.61. The fourth-order valence-corrected chi connectivity index (χ4v) is 3.21. The van der Waals surface area contributed by atoms with Gasteiger partial charge in [0.2, 0.25) is 0 Å². The van der Waals surface area contributed by atoms with Gasteiger partial charge in [-0.05, 0) is 61.8 Å². The second-order valence-corrected chi connectivity index (χ2v) is 7.49. The third-order valence-corrected chi connectivity index (χ3v) is 4.40. The van der Waals surface area contributed by atoms with Crippen LogP contribution in [0.4, 0.5) is 0 Å². The molecule has 1 unspecified atom stereocenters. The quantitative estimate of drug-likeness (QED) is 0.636. The number of nitrogens with one attached hydrogen (secondary N) is 1. The van der Waals surface area contributed by atoms with E-state index >= 15 is 0 Å². The maximum Gasteiger partial charge on any atom is -0.00169 e. The minimum absolute atomic E-state index is 0.736. The van der Waals surface area contributed by atoms with Crippen molar-refractivity contribution in [2.75, 3.05) is 24.6 Å². The number of thioether (sulfide) groups is 1. The summed E-state index contributed by atoms with van der Waals surface area (Å²) in [6.07, 6.45) is 2.52. The van der Waals surface area contributed by atoms with Crippen molar-refractivity contribution in [2.24, 2.45) is 11.8 Å². The minimum Gasteiger partial charge on any atom is -0.316 e. The molecule has 2 heteroatoms. The minimum atomic E-state index is 0.736. The standard InChI is InChI=1S/C18H31NS/c1-5-20-10-9-18(14-19-13-15(2)3)12-17-8-6-7-16(4)11-17/h6-8,11,15,18-19H,5,9-10,12-14H2,1-4H3. The zero-order valence-electron chi connectivity index (χ0n) is 13.6. The summed E-state index contributed by atoms with van der Waals surface area (Å²) in [5, 5.41) is 3.64. The molecule has 1 aromatic carbocycles. The molecule has 1 atom stereocenters. The summed E-state index contributed by atoms with van der Waals surface area (Å²) < 4.78 is 0. The van der Waals surface area contributed by atoms with E-state index in [0.29, 0.717) is 0 Å². The molecule has 0 radical (unpaired) electrons. The highest BCUT2D eigenvalue weighted by molar-refractivity contribution is 7.99. The van der Waals surface area contributed by atoms with Crippen LogP contribution in [0.5, 0.6) is 0 Å². The first kappa shape index (κ1) is 17.6. The van der Waals surface area contributed by atoms with Gasteiger partial charge < -0.3 is 5.32 Å². The molecule has 0 aromatic heterocycles. The fourth-order valence-electron chi connectivity index (χ4n) is 2.42. The summed E-state index contributed by atoms with van der Waals surface area (Å²) in [7, 11) is 0. The molecule has 0 saturated heterocycles. The summed E-state index contributed by atoms with van der Waals surface area (Å²) in [5.74, 6) is 4.02. The van der Waals surface area contributed by atoms with E-state index < -0.39 is 0 Å². The van der Waals surface area contributed by atoms with E-state index in [1.165, 1.54) is 35.5 Å².